The summed E-state index contributed by atoms with van der Waals surface area (Å²) >= 11 is 0. The summed E-state index contributed by atoms with van der Waals surface area (Å²) < 4.78 is 57.6. The van der Waals surface area contributed by atoms with Gasteiger partial charge < -0.3 is 20.8 Å². The minimum Gasteiger partial charge on any atom is -0.512 e. The van der Waals surface area contributed by atoms with Crippen LogP contribution in [0.1, 0.15) is 61.0 Å². The molecule has 0 bridgehead atoms. The number of alkyl halides is 2. The van der Waals surface area contributed by atoms with Crippen LogP contribution in [-0.2, 0) is 0 Å². The van der Waals surface area contributed by atoms with Crippen molar-refractivity contribution in [1.29, 1.82) is 0 Å². The number of carbonyl (C=O) groups is 2. The highest BCUT2D eigenvalue weighted by Gasteiger charge is 2.31. The first kappa shape index (κ1) is 33.6. The van der Waals surface area contributed by atoms with Crippen molar-refractivity contribution in [2.45, 2.75) is 51.7 Å². The fraction of sp³-hybridized carbons (Fsp3) is 0.355. The number of hydrogen-bond donors (Lipinski definition) is 4. The predicted octanol–water partition coefficient (Wildman–Crippen LogP) is 6.17. The summed E-state index contributed by atoms with van der Waals surface area (Å²) in [5, 5.41) is 28.9. The Balaban J connectivity index is 1.59. The lowest BCUT2D eigenvalue weighted by Crippen LogP contribution is -2.40. The molecule has 0 fully saturated rings. The Bertz CT molecular complexity index is 1690. The van der Waals surface area contributed by atoms with Gasteiger partial charge in [0.25, 0.3) is 17.5 Å². The van der Waals surface area contributed by atoms with Crippen molar-refractivity contribution in [2.75, 3.05) is 6.54 Å². The van der Waals surface area contributed by atoms with Crippen molar-refractivity contribution >= 4 is 26.7 Å². The van der Waals surface area contributed by atoms with Gasteiger partial charge in [0, 0.05) is 30.6 Å². The zero-order valence-corrected chi connectivity index (χ0v) is 26.0. The third-order valence-corrected chi connectivity index (χ3v) is 7.94. The van der Waals surface area contributed by atoms with Gasteiger partial charge in [-0.25, -0.2) is 18.3 Å². The molecule has 2 heterocycles. The van der Waals surface area contributed by atoms with Crippen LogP contribution >= 0.6 is 9.24 Å². The molecule has 0 aliphatic heterocycles. The van der Waals surface area contributed by atoms with Gasteiger partial charge in [-0.15, -0.1) is 0 Å². The molecule has 4 unspecified atom stereocenters. The van der Waals surface area contributed by atoms with E-state index in [0.29, 0.717) is 30.2 Å². The average molecular weight is 648 g/mol. The lowest BCUT2D eigenvalue weighted by molar-refractivity contribution is 0.0917. The number of nitrogens with zero attached hydrogens (tertiary/aromatic N) is 3. The Morgan fingerprint density at radius 1 is 1.20 bits per heavy atom. The number of fused-ring (bicyclic) bond motifs is 1. The Hall–Kier alpha value is -4.25. The van der Waals surface area contributed by atoms with Gasteiger partial charge in [-0.1, -0.05) is 47.4 Å². The fourth-order valence-electron chi connectivity index (χ4n) is 5.22. The Morgan fingerprint density at radius 2 is 1.93 bits per heavy atom. The third-order valence-electron chi connectivity index (χ3n) is 7.63. The first-order valence-corrected chi connectivity index (χ1v) is 14.8. The summed E-state index contributed by atoms with van der Waals surface area (Å²) in [4.78, 5) is 30.8. The van der Waals surface area contributed by atoms with E-state index >= 15 is 0 Å². The first-order valence-electron chi connectivity index (χ1n) is 14.2. The highest BCUT2D eigenvalue weighted by Crippen LogP contribution is 2.37. The van der Waals surface area contributed by atoms with Crippen molar-refractivity contribution in [3.8, 4) is 0 Å². The van der Waals surface area contributed by atoms with Crippen molar-refractivity contribution < 1.29 is 37.4 Å². The van der Waals surface area contributed by atoms with Crippen LogP contribution in [0.5, 0.6) is 0 Å². The smallest absolute Gasteiger partial charge is 0.286 e. The second kappa shape index (κ2) is 13.8. The second-order valence-electron chi connectivity index (χ2n) is 11.1. The standard InChI is InChI=1S/C31H34F4N5O4P/c1-16-7-8-24(18(3)10-17(2)20(9-16)27(42)15-41)39-30(44)26-12-25(38-28-23(33)14-37-40(26)28)29(43)36-13-19-5-4-6-22(32)21(11-19)31(34,35)45/h4-5,9-12,14-16,18,24,41-42H,6-8,13,45H2,1-3H3,(H,36,43)(H,39,44)/b17-10-,20-9+,27-15?. The lowest BCUT2D eigenvalue weighted by atomic mass is 9.93. The third kappa shape index (κ3) is 7.89. The summed E-state index contributed by atoms with van der Waals surface area (Å²) in [5.41, 5.74) is -3.84. The van der Waals surface area contributed by atoms with E-state index in [1.165, 1.54) is 21.4 Å². The van der Waals surface area contributed by atoms with Crippen molar-refractivity contribution in [3.63, 3.8) is 0 Å². The van der Waals surface area contributed by atoms with E-state index in [1.54, 1.807) is 6.92 Å². The zero-order valence-electron chi connectivity index (χ0n) is 24.8. The van der Waals surface area contributed by atoms with Gasteiger partial charge in [-0.2, -0.15) is 13.9 Å². The summed E-state index contributed by atoms with van der Waals surface area (Å²) in [5.74, 6) is -3.87. The van der Waals surface area contributed by atoms with Crippen molar-refractivity contribution in [3.05, 3.63) is 100.0 Å². The summed E-state index contributed by atoms with van der Waals surface area (Å²) in [7, 11) is 1.28. The largest absolute Gasteiger partial charge is 0.512 e. The molecule has 2 aromatic rings. The number of halogens is 4. The van der Waals surface area contributed by atoms with Gasteiger partial charge in [0.15, 0.2) is 17.2 Å². The maximum atomic E-state index is 14.6. The molecule has 240 valence electrons. The van der Waals surface area contributed by atoms with Gasteiger partial charge in [-0.3, -0.25) is 9.59 Å². The van der Waals surface area contributed by atoms with Crippen LogP contribution in [0, 0.1) is 17.7 Å². The van der Waals surface area contributed by atoms with Gasteiger partial charge in [0.05, 0.1) is 11.8 Å². The Kier molecular flexibility index (Phi) is 10.3. The SMILES string of the molecule is CC1=C/C(C)C(NC(=O)c2cc(C(=O)NCC3=CC(C(F)(F)P)=C(F)CC=C3)nc3c(F)cnn23)CCC(C)/C=C\1C(O)=CO. The minimum atomic E-state index is -3.52. The molecule has 45 heavy (non-hydrogen) atoms. The topological polar surface area (TPSA) is 129 Å². The Morgan fingerprint density at radius 3 is 2.62 bits per heavy atom. The lowest BCUT2D eigenvalue weighted by Gasteiger charge is -2.24. The highest BCUT2D eigenvalue weighted by atomic mass is 31.0. The second-order valence-corrected chi connectivity index (χ2v) is 11.9. The molecule has 14 heteroatoms. The molecule has 0 radical (unpaired) electrons. The number of hydrogen-bond acceptors (Lipinski definition) is 6. The summed E-state index contributed by atoms with van der Waals surface area (Å²) in [6.45, 7) is 5.33. The van der Waals surface area contributed by atoms with Crippen molar-refractivity contribution in [2.24, 2.45) is 11.8 Å². The maximum absolute atomic E-state index is 14.6. The number of nitrogens with one attached hydrogen (secondary N) is 2. The van der Waals surface area contributed by atoms with Crippen LogP contribution in [-0.4, -0.2) is 54.9 Å². The molecule has 9 nitrogen and oxygen atoms in total. The van der Waals surface area contributed by atoms with Crippen molar-refractivity contribution in [1.82, 2.24) is 25.2 Å². The number of rotatable bonds is 7. The molecule has 0 aromatic carbocycles. The van der Waals surface area contributed by atoms with Crippen LogP contribution in [0.3, 0.4) is 0 Å². The normalized spacial score (nSPS) is 24.0. The highest BCUT2D eigenvalue weighted by molar-refractivity contribution is 7.18. The maximum Gasteiger partial charge on any atom is 0.286 e. The van der Waals surface area contributed by atoms with E-state index in [0.717, 1.165) is 22.9 Å². The van der Waals surface area contributed by atoms with Gasteiger partial charge in [0.1, 0.15) is 23.5 Å². The number of amides is 2. The van der Waals surface area contributed by atoms with E-state index in [2.05, 4.69) is 20.7 Å². The molecule has 2 aliphatic carbocycles. The summed E-state index contributed by atoms with van der Waals surface area (Å²) in [6.07, 6.45) is 9.73. The fourth-order valence-corrected chi connectivity index (χ4v) is 5.46. The molecule has 4 atom stereocenters. The van der Waals surface area contributed by atoms with Crippen LogP contribution < -0.4 is 10.6 Å². The molecule has 2 aliphatic rings. The number of aromatic nitrogens is 3. The van der Waals surface area contributed by atoms with Gasteiger partial charge >= 0.3 is 0 Å². The zero-order chi connectivity index (χ0) is 33.1. The van der Waals surface area contributed by atoms with Gasteiger partial charge in [-0.05, 0) is 48.8 Å². The number of aliphatic hydroxyl groups excluding tert-OH is 2. The first-order chi connectivity index (χ1) is 21.2. The molecule has 2 amide bonds. The number of aliphatic hydroxyl groups is 2. The molecular formula is C31H34F4N5O4P. The number of allylic oxidation sites excluding steroid dienone is 6. The summed E-state index contributed by atoms with van der Waals surface area (Å²) in [6, 6.07) is 0.742. The van der Waals surface area contributed by atoms with E-state index in [9.17, 15) is 37.4 Å². The number of carbonyl (C=O) groups excluding carboxylic acids is 2. The Labute approximate surface area is 259 Å². The minimum absolute atomic E-state index is 0.0120. The molecular weight excluding hydrogens is 613 g/mol. The van der Waals surface area contributed by atoms with E-state index < -0.39 is 40.7 Å². The molecule has 4 N–H and O–H groups in total. The van der Waals surface area contributed by atoms with E-state index in [4.69, 9.17) is 0 Å². The van der Waals surface area contributed by atoms with Crippen LogP contribution in [0.25, 0.3) is 5.65 Å². The quantitative estimate of drug-likeness (QED) is 0.162. The molecule has 0 saturated carbocycles. The predicted molar refractivity (Wildman–Crippen MR) is 164 cm³/mol. The molecule has 2 aromatic heterocycles. The molecule has 0 saturated heterocycles. The van der Waals surface area contributed by atoms with Crippen LogP contribution in [0.2, 0.25) is 0 Å². The van der Waals surface area contributed by atoms with E-state index in [1.807, 2.05) is 26.0 Å². The van der Waals surface area contributed by atoms with Gasteiger partial charge in [0.2, 0.25) is 0 Å². The van der Waals surface area contributed by atoms with E-state index in [-0.39, 0.29) is 53.2 Å². The van der Waals surface area contributed by atoms with Crippen LogP contribution in [0.4, 0.5) is 17.6 Å². The van der Waals surface area contributed by atoms with Crippen LogP contribution in [0.15, 0.2) is 82.8 Å². The molecule has 4 rings (SSSR count). The monoisotopic (exact) mass is 647 g/mol. The average Bonchev–Trinajstić information content (AvgIpc) is 3.26. The molecule has 0 spiro atoms.